The second kappa shape index (κ2) is 6.86. The first-order chi connectivity index (χ1) is 10.8. The van der Waals surface area contributed by atoms with Crippen LogP contribution >= 0.6 is 11.6 Å². The fourth-order valence-corrected chi connectivity index (χ4v) is 3.49. The Bertz CT molecular complexity index is 735. The average molecular weight is 361 g/mol. The van der Waals surface area contributed by atoms with Crippen LogP contribution in [0.3, 0.4) is 0 Å². The van der Waals surface area contributed by atoms with Crippen molar-refractivity contribution in [3.8, 4) is 0 Å². The predicted molar refractivity (Wildman–Crippen MR) is 84.0 cm³/mol. The van der Waals surface area contributed by atoms with E-state index in [1.807, 2.05) is 0 Å². The highest BCUT2D eigenvalue weighted by atomic mass is 35.5. The summed E-state index contributed by atoms with van der Waals surface area (Å²) in [6.45, 7) is 0.301. The number of hydrogen-bond donors (Lipinski definition) is 2. The number of benzene rings is 1. The van der Waals surface area contributed by atoms with Crippen LogP contribution in [-0.2, 0) is 14.8 Å². The first-order valence-corrected chi connectivity index (χ1v) is 8.91. The maximum Gasteiger partial charge on any atom is 0.326 e. The number of carbonyl (C=O) groups is 2. The number of nitrogens with zero attached hydrogens (tertiary/aromatic N) is 1. The van der Waals surface area contributed by atoms with E-state index < -0.39 is 27.9 Å². The number of amides is 1. The van der Waals surface area contributed by atoms with Gasteiger partial charge >= 0.3 is 5.97 Å². The lowest BCUT2D eigenvalue weighted by Gasteiger charge is -2.33. The second-order valence-corrected chi connectivity index (χ2v) is 7.49. The second-order valence-electron chi connectivity index (χ2n) is 5.20. The fourth-order valence-electron chi connectivity index (χ4n) is 2.54. The molecule has 0 radical (unpaired) electrons. The van der Waals surface area contributed by atoms with E-state index >= 15 is 0 Å². The lowest BCUT2D eigenvalue weighted by Crippen LogP contribution is -2.48. The topological polar surface area (TPSA) is 104 Å². The summed E-state index contributed by atoms with van der Waals surface area (Å²) in [6, 6.07) is 2.86. The Balaban J connectivity index is 2.42. The molecule has 1 aliphatic heterocycles. The van der Waals surface area contributed by atoms with Gasteiger partial charge in [-0.05, 0) is 44.5 Å². The first kappa shape index (κ1) is 17.7. The maximum absolute atomic E-state index is 12.7. The van der Waals surface area contributed by atoms with Crippen molar-refractivity contribution in [3.05, 3.63) is 28.8 Å². The molecule has 0 aliphatic carbocycles. The van der Waals surface area contributed by atoms with Crippen LogP contribution in [0.2, 0.25) is 5.02 Å². The zero-order chi connectivity index (χ0) is 17.2. The highest BCUT2D eigenvalue weighted by molar-refractivity contribution is 7.89. The number of sulfonamides is 1. The van der Waals surface area contributed by atoms with E-state index in [4.69, 9.17) is 11.6 Å². The number of hydrogen-bond acceptors (Lipinski definition) is 4. The molecule has 1 atom stereocenters. The molecule has 1 aliphatic rings. The van der Waals surface area contributed by atoms with Crippen molar-refractivity contribution >= 4 is 33.5 Å². The van der Waals surface area contributed by atoms with E-state index in [9.17, 15) is 23.1 Å². The lowest BCUT2D eigenvalue weighted by molar-refractivity contribution is -0.143. The fraction of sp³-hybridized carbons (Fsp3) is 0.429. The molecule has 1 aromatic rings. The summed E-state index contributed by atoms with van der Waals surface area (Å²) in [5.74, 6) is -1.65. The van der Waals surface area contributed by atoms with Gasteiger partial charge in [0.15, 0.2) is 0 Å². The van der Waals surface area contributed by atoms with E-state index in [2.05, 4.69) is 4.72 Å². The van der Waals surface area contributed by atoms with Gasteiger partial charge in [0.05, 0.1) is 15.5 Å². The van der Waals surface area contributed by atoms with Crippen molar-refractivity contribution in [2.24, 2.45) is 0 Å². The average Bonchev–Trinajstić information content (AvgIpc) is 2.54. The summed E-state index contributed by atoms with van der Waals surface area (Å²) < 4.78 is 25.9. The number of halogens is 1. The van der Waals surface area contributed by atoms with Crippen molar-refractivity contribution in [2.75, 3.05) is 13.6 Å². The van der Waals surface area contributed by atoms with E-state index in [-0.39, 0.29) is 15.5 Å². The maximum atomic E-state index is 12.7. The van der Waals surface area contributed by atoms with Gasteiger partial charge in [-0.3, -0.25) is 4.79 Å². The molecule has 1 heterocycles. The lowest BCUT2D eigenvalue weighted by atomic mass is 10.0. The highest BCUT2D eigenvalue weighted by Gasteiger charge is 2.33. The third-order valence-electron chi connectivity index (χ3n) is 3.80. The first-order valence-electron chi connectivity index (χ1n) is 7.05. The minimum absolute atomic E-state index is 0.0175. The van der Waals surface area contributed by atoms with Crippen molar-refractivity contribution < 1.29 is 23.1 Å². The van der Waals surface area contributed by atoms with Crippen LogP contribution in [-0.4, -0.2) is 49.9 Å². The Hall–Kier alpha value is -1.64. The van der Waals surface area contributed by atoms with Crippen molar-refractivity contribution in [1.29, 1.82) is 0 Å². The largest absolute Gasteiger partial charge is 0.480 e. The van der Waals surface area contributed by atoms with Gasteiger partial charge < -0.3 is 10.0 Å². The molecule has 1 fully saturated rings. The van der Waals surface area contributed by atoms with Gasteiger partial charge in [0.2, 0.25) is 10.0 Å². The number of rotatable bonds is 4. The van der Waals surface area contributed by atoms with E-state index in [1.54, 1.807) is 0 Å². The van der Waals surface area contributed by atoms with Gasteiger partial charge in [0.25, 0.3) is 5.91 Å². The number of nitrogens with one attached hydrogen (secondary N) is 1. The monoisotopic (exact) mass is 360 g/mol. The summed E-state index contributed by atoms with van der Waals surface area (Å²) in [5.41, 5.74) is -0.0175. The molecular formula is C14H17ClN2O5S. The van der Waals surface area contributed by atoms with Gasteiger partial charge in [-0.1, -0.05) is 11.6 Å². The minimum atomic E-state index is -3.73. The van der Waals surface area contributed by atoms with Crippen LogP contribution in [0.5, 0.6) is 0 Å². The Kier molecular flexibility index (Phi) is 5.28. The van der Waals surface area contributed by atoms with E-state index in [0.717, 1.165) is 6.42 Å². The Morgan fingerprint density at radius 2 is 2.04 bits per heavy atom. The summed E-state index contributed by atoms with van der Waals surface area (Å²) in [7, 11) is -2.47. The van der Waals surface area contributed by atoms with Gasteiger partial charge in [-0.25, -0.2) is 17.9 Å². The number of likely N-dealkylation sites (tertiary alicyclic amines) is 1. The molecule has 1 amide bonds. The zero-order valence-electron chi connectivity index (χ0n) is 12.5. The molecule has 2 N–H and O–H groups in total. The zero-order valence-corrected chi connectivity index (χ0v) is 14.0. The number of aliphatic carboxylic acids is 1. The van der Waals surface area contributed by atoms with E-state index in [1.165, 1.54) is 30.1 Å². The number of carboxylic acid groups (broad SMARTS) is 1. The third kappa shape index (κ3) is 3.65. The quantitative estimate of drug-likeness (QED) is 0.842. The molecule has 0 spiro atoms. The number of carbonyl (C=O) groups excluding carboxylic acids is 1. The smallest absolute Gasteiger partial charge is 0.326 e. The van der Waals surface area contributed by atoms with Crippen LogP contribution in [0, 0.1) is 0 Å². The van der Waals surface area contributed by atoms with Crippen LogP contribution in [0.1, 0.15) is 29.6 Å². The van der Waals surface area contributed by atoms with Crippen molar-refractivity contribution in [3.63, 3.8) is 0 Å². The number of carboxylic acids is 1. The SMILES string of the molecule is CNS(=O)(=O)c1ccc(Cl)c(C(=O)N2CCCC[C@H]2C(=O)O)c1. The minimum Gasteiger partial charge on any atom is -0.480 e. The summed E-state index contributed by atoms with van der Waals surface area (Å²) in [4.78, 5) is 25.1. The van der Waals surface area contributed by atoms with Gasteiger partial charge in [0.1, 0.15) is 6.04 Å². The number of piperidine rings is 1. The third-order valence-corrected chi connectivity index (χ3v) is 5.54. The molecule has 126 valence electrons. The van der Waals surface area contributed by atoms with Crippen molar-refractivity contribution in [1.82, 2.24) is 9.62 Å². The van der Waals surface area contributed by atoms with Gasteiger partial charge in [0, 0.05) is 6.54 Å². The molecule has 7 nitrogen and oxygen atoms in total. The highest BCUT2D eigenvalue weighted by Crippen LogP contribution is 2.25. The summed E-state index contributed by atoms with van der Waals surface area (Å²) in [6.07, 6.45) is 1.79. The van der Waals surface area contributed by atoms with Crippen LogP contribution in [0.25, 0.3) is 0 Å². The molecule has 1 aromatic carbocycles. The van der Waals surface area contributed by atoms with Gasteiger partial charge in [-0.15, -0.1) is 0 Å². The predicted octanol–water partition coefficient (Wildman–Crippen LogP) is 1.33. The molecule has 0 saturated carbocycles. The molecule has 0 aromatic heterocycles. The standard InChI is InChI=1S/C14H17ClN2O5S/c1-16-23(21,22)9-5-6-11(15)10(8-9)13(18)17-7-3-2-4-12(17)14(19)20/h5-6,8,12,16H,2-4,7H2,1H3,(H,19,20)/t12-/m0/s1. The molecule has 9 heteroatoms. The molecule has 1 saturated heterocycles. The molecule has 2 rings (SSSR count). The van der Waals surface area contributed by atoms with Gasteiger partial charge in [-0.2, -0.15) is 0 Å². The van der Waals surface area contributed by atoms with Crippen LogP contribution in [0.15, 0.2) is 23.1 Å². The molecule has 0 bridgehead atoms. The van der Waals surface area contributed by atoms with Crippen LogP contribution in [0.4, 0.5) is 0 Å². The summed E-state index contributed by atoms with van der Waals surface area (Å²) in [5, 5.41) is 9.35. The molecular weight excluding hydrogens is 344 g/mol. The summed E-state index contributed by atoms with van der Waals surface area (Å²) >= 11 is 6.02. The van der Waals surface area contributed by atoms with E-state index in [0.29, 0.717) is 19.4 Å². The Morgan fingerprint density at radius 1 is 1.35 bits per heavy atom. The Morgan fingerprint density at radius 3 is 2.65 bits per heavy atom. The normalized spacial score (nSPS) is 18.7. The Labute approximate surface area is 139 Å². The van der Waals surface area contributed by atoms with Crippen molar-refractivity contribution in [2.45, 2.75) is 30.2 Å². The molecule has 0 unspecified atom stereocenters. The molecule has 23 heavy (non-hydrogen) atoms. The van der Waals surface area contributed by atoms with Crippen LogP contribution < -0.4 is 4.72 Å².